The monoisotopic (exact) mass is 420 g/mol. The highest BCUT2D eigenvalue weighted by atomic mass is 32.2. The maximum Gasteiger partial charge on any atom is 0.155 e. The van der Waals surface area contributed by atoms with E-state index in [0.717, 1.165) is 30.9 Å². The number of sulfone groups is 1. The molecule has 0 atom stereocenters. The zero-order valence-corrected chi connectivity index (χ0v) is 19.5. The average Bonchev–Trinajstić information content (AvgIpc) is 2.67. The predicted molar refractivity (Wildman–Crippen MR) is 121 cm³/mol. The van der Waals surface area contributed by atoms with Crippen molar-refractivity contribution >= 4 is 9.84 Å². The van der Waals surface area contributed by atoms with E-state index in [-0.39, 0.29) is 0 Å². The fraction of sp³-hybridized carbons (Fsp3) is 0.760. The first-order valence-corrected chi connectivity index (χ1v) is 13.4. The lowest BCUT2D eigenvalue weighted by Crippen LogP contribution is -2.34. The average molecular weight is 421 g/mol. The molecule has 0 amide bonds. The summed E-state index contributed by atoms with van der Waals surface area (Å²) in [6.45, 7) is 5.46. The molecule has 0 N–H and O–H groups in total. The second kappa shape index (κ2) is 9.85. The first kappa shape index (κ1) is 22.7. The molecule has 0 spiro atoms. The van der Waals surface area contributed by atoms with E-state index in [2.05, 4.69) is 24.3 Å². The maximum atomic E-state index is 12.5. The highest BCUT2D eigenvalue weighted by Gasteiger charge is 2.33. The van der Waals surface area contributed by atoms with Crippen LogP contribution in [-0.4, -0.2) is 25.0 Å². The van der Waals surface area contributed by atoms with Crippen LogP contribution in [0.1, 0.15) is 90.5 Å². The Labute approximate surface area is 178 Å². The predicted octanol–water partition coefficient (Wildman–Crippen LogP) is 6.35. The topological polar surface area (TPSA) is 43.4 Å². The van der Waals surface area contributed by atoms with Crippen molar-refractivity contribution in [2.45, 2.75) is 102 Å². The maximum absolute atomic E-state index is 12.5. The summed E-state index contributed by atoms with van der Waals surface area (Å²) in [5.74, 6) is 2.48. The zero-order valence-electron chi connectivity index (χ0n) is 18.7. The number of rotatable bonds is 7. The molecular formula is C25H40O3S. The van der Waals surface area contributed by atoms with Crippen LogP contribution in [0.4, 0.5) is 0 Å². The largest absolute Gasteiger partial charge is 0.490 e. The highest BCUT2D eigenvalue weighted by Crippen LogP contribution is 2.34. The van der Waals surface area contributed by atoms with Gasteiger partial charge in [0.25, 0.3) is 0 Å². The Morgan fingerprint density at radius 2 is 1.59 bits per heavy atom. The van der Waals surface area contributed by atoms with Gasteiger partial charge in [0.15, 0.2) is 9.84 Å². The van der Waals surface area contributed by atoms with E-state index in [9.17, 15) is 8.42 Å². The van der Waals surface area contributed by atoms with E-state index in [0.29, 0.717) is 17.8 Å². The van der Waals surface area contributed by atoms with Crippen LogP contribution in [0.15, 0.2) is 24.3 Å². The van der Waals surface area contributed by atoms with Crippen molar-refractivity contribution in [3.05, 3.63) is 29.8 Å². The number of benzene rings is 1. The van der Waals surface area contributed by atoms with Gasteiger partial charge in [0.05, 0.1) is 16.6 Å². The fourth-order valence-corrected chi connectivity index (χ4v) is 6.22. The third-order valence-electron chi connectivity index (χ3n) is 6.95. The number of ether oxygens (including phenoxy) is 1. The van der Waals surface area contributed by atoms with Gasteiger partial charge in [0.1, 0.15) is 5.75 Å². The standard InChI is InChI=1S/C25H40O3S/c1-25(2,3)29(26,27)19-22-16-13-20(14-17-22)12-15-21-8-7-11-24(18-21)28-23-9-5-4-6-10-23/h7-8,11,18,20,22-23H,4-6,9-10,12-17,19H2,1-3H3. The van der Waals surface area contributed by atoms with E-state index in [1.54, 1.807) is 0 Å². The smallest absolute Gasteiger partial charge is 0.155 e. The lowest BCUT2D eigenvalue weighted by Gasteiger charge is -2.30. The van der Waals surface area contributed by atoms with Crippen molar-refractivity contribution < 1.29 is 13.2 Å². The minimum Gasteiger partial charge on any atom is -0.490 e. The quantitative estimate of drug-likeness (QED) is 0.516. The Morgan fingerprint density at radius 3 is 2.24 bits per heavy atom. The molecule has 29 heavy (non-hydrogen) atoms. The molecule has 0 unspecified atom stereocenters. The fourth-order valence-electron chi connectivity index (χ4n) is 4.77. The summed E-state index contributed by atoms with van der Waals surface area (Å²) < 4.78 is 30.5. The molecule has 4 heteroatoms. The van der Waals surface area contributed by atoms with Gasteiger partial charge in [-0.15, -0.1) is 0 Å². The molecule has 2 aliphatic rings. The summed E-state index contributed by atoms with van der Waals surface area (Å²) in [6, 6.07) is 8.67. The molecule has 2 saturated carbocycles. The molecule has 164 valence electrons. The molecule has 0 radical (unpaired) electrons. The summed E-state index contributed by atoms with van der Waals surface area (Å²) in [5, 5.41) is 0. The molecule has 0 bridgehead atoms. The molecule has 0 heterocycles. The van der Waals surface area contributed by atoms with Crippen LogP contribution >= 0.6 is 0 Å². The van der Waals surface area contributed by atoms with Gasteiger partial charge >= 0.3 is 0 Å². The van der Waals surface area contributed by atoms with Gasteiger partial charge in [0.2, 0.25) is 0 Å². The normalized spacial score (nSPS) is 24.4. The van der Waals surface area contributed by atoms with Crippen molar-refractivity contribution in [2.75, 3.05) is 5.75 Å². The van der Waals surface area contributed by atoms with Crippen molar-refractivity contribution in [3.63, 3.8) is 0 Å². The molecule has 1 aromatic carbocycles. The zero-order chi connectivity index (χ0) is 20.9. The van der Waals surface area contributed by atoms with Gasteiger partial charge in [-0.3, -0.25) is 0 Å². The van der Waals surface area contributed by atoms with Crippen LogP contribution in [0.25, 0.3) is 0 Å². The van der Waals surface area contributed by atoms with Crippen LogP contribution in [0.5, 0.6) is 5.75 Å². The van der Waals surface area contributed by atoms with Crippen molar-refractivity contribution in [3.8, 4) is 5.75 Å². The van der Waals surface area contributed by atoms with Gasteiger partial charge in [0, 0.05) is 0 Å². The highest BCUT2D eigenvalue weighted by molar-refractivity contribution is 7.92. The van der Waals surface area contributed by atoms with Crippen molar-refractivity contribution in [1.29, 1.82) is 0 Å². The van der Waals surface area contributed by atoms with E-state index >= 15 is 0 Å². The third kappa shape index (κ3) is 6.73. The van der Waals surface area contributed by atoms with Crippen LogP contribution in [0.3, 0.4) is 0 Å². The summed E-state index contributed by atoms with van der Waals surface area (Å²) in [5.41, 5.74) is 1.37. The minimum atomic E-state index is -3.00. The Kier molecular flexibility index (Phi) is 7.69. The Balaban J connectivity index is 1.43. The summed E-state index contributed by atoms with van der Waals surface area (Å²) in [7, 11) is -3.00. The molecule has 2 fully saturated rings. The van der Waals surface area contributed by atoms with Gasteiger partial charge in [-0.25, -0.2) is 8.42 Å². The van der Waals surface area contributed by atoms with Gasteiger partial charge in [-0.2, -0.15) is 0 Å². The molecule has 0 saturated heterocycles. The molecule has 0 aliphatic heterocycles. The SMILES string of the molecule is CC(C)(C)S(=O)(=O)CC1CCC(CCc2cccc(OC3CCCCC3)c2)CC1. The van der Waals surface area contributed by atoms with Crippen LogP contribution in [0, 0.1) is 11.8 Å². The molecular weight excluding hydrogens is 380 g/mol. The first-order valence-electron chi connectivity index (χ1n) is 11.7. The second-order valence-corrected chi connectivity index (χ2v) is 13.1. The van der Waals surface area contributed by atoms with Crippen molar-refractivity contribution in [2.24, 2.45) is 11.8 Å². The van der Waals surface area contributed by atoms with Crippen LogP contribution in [0.2, 0.25) is 0 Å². The lowest BCUT2D eigenvalue weighted by molar-refractivity contribution is 0.155. The number of aryl methyl sites for hydroxylation is 1. The number of hydrogen-bond acceptors (Lipinski definition) is 3. The molecule has 2 aliphatic carbocycles. The van der Waals surface area contributed by atoms with Gasteiger partial charge < -0.3 is 4.74 Å². The van der Waals surface area contributed by atoms with Crippen LogP contribution < -0.4 is 4.74 Å². The lowest BCUT2D eigenvalue weighted by atomic mass is 9.80. The van der Waals surface area contributed by atoms with E-state index in [1.165, 1.54) is 56.9 Å². The Morgan fingerprint density at radius 1 is 0.931 bits per heavy atom. The Bertz CT molecular complexity index is 734. The summed E-state index contributed by atoms with van der Waals surface area (Å²) in [4.78, 5) is 0. The third-order valence-corrected chi connectivity index (χ3v) is 9.73. The molecule has 3 nitrogen and oxygen atoms in total. The second-order valence-electron chi connectivity index (χ2n) is 10.3. The molecule has 3 rings (SSSR count). The number of hydrogen-bond donors (Lipinski definition) is 0. The van der Waals surface area contributed by atoms with Crippen molar-refractivity contribution in [1.82, 2.24) is 0 Å². The van der Waals surface area contributed by atoms with E-state index in [1.807, 2.05) is 20.8 Å². The molecule has 1 aromatic rings. The van der Waals surface area contributed by atoms with E-state index < -0.39 is 14.6 Å². The van der Waals surface area contributed by atoms with Crippen LogP contribution in [-0.2, 0) is 16.3 Å². The first-order chi connectivity index (χ1) is 13.7. The minimum absolute atomic E-state index is 0.350. The van der Waals surface area contributed by atoms with E-state index in [4.69, 9.17) is 4.74 Å². The Hall–Kier alpha value is -1.03. The molecule has 0 aromatic heterocycles. The van der Waals surface area contributed by atoms with Gasteiger partial charge in [-0.1, -0.05) is 31.4 Å². The summed E-state index contributed by atoms with van der Waals surface area (Å²) >= 11 is 0. The summed E-state index contributed by atoms with van der Waals surface area (Å²) in [6.07, 6.45) is 13.5. The van der Waals surface area contributed by atoms with Gasteiger partial charge in [-0.05, 0) is 102 Å².